The van der Waals surface area contributed by atoms with Crippen LogP contribution in [-0.4, -0.2) is 5.78 Å². The van der Waals surface area contributed by atoms with Gasteiger partial charge in [-0.3, -0.25) is 4.79 Å². The van der Waals surface area contributed by atoms with Crippen LogP contribution in [-0.2, 0) is 4.79 Å². The van der Waals surface area contributed by atoms with Gasteiger partial charge in [-0.25, -0.2) is 0 Å². The summed E-state index contributed by atoms with van der Waals surface area (Å²) in [7, 11) is 0. The quantitative estimate of drug-likeness (QED) is 0.331. The molecular formula is C12H18O. The van der Waals surface area contributed by atoms with Crippen LogP contribution in [0.4, 0.5) is 0 Å². The second-order valence-corrected chi connectivity index (χ2v) is 2.86. The standard InChI is InChI=1S/C12H18O/c1-3-5-6-7-8-9-11-12(13)10-4-2/h3-4,8-10H,1,5-7,11H2,2H3. The second-order valence-electron chi connectivity index (χ2n) is 2.86. The van der Waals surface area contributed by atoms with Crippen molar-refractivity contribution in [2.45, 2.75) is 32.6 Å². The van der Waals surface area contributed by atoms with Crippen molar-refractivity contribution in [1.29, 1.82) is 0 Å². The lowest BCUT2D eigenvalue weighted by molar-refractivity contribution is -0.113. The minimum absolute atomic E-state index is 0.169. The SMILES string of the molecule is C=CCCCC=CCC(=O)C=CC. The average Bonchev–Trinajstić information content (AvgIpc) is 2.11. The van der Waals surface area contributed by atoms with Gasteiger partial charge in [0.05, 0.1) is 0 Å². The van der Waals surface area contributed by atoms with Gasteiger partial charge in [-0.05, 0) is 32.3 Å². The molecule has 0 aliphatic heterocycles. The van der Waals surface area contributed by atoms with Gasteiger partial charge >= 0.3 is 0 Å². The van der Waals surface area contributed by atoms with Crippen molar-refractivity contribution < 1.29 is 4.79 Å². The van der Waals surface area contributed by atoms with E-state index in [1.165, 1.54) is 0 Å². The van der Waals surface area contributed by atoms with Gasteiger partial charge in [-0.1, -0.05) is 24.3 Å². The molecule has 0 fully saturated rings. The third-order valence-electron chi connectivity index (χ3n) is 1.62. The number of carbonyl (C=O) groups is 1. The zero-order valence-electron chi connectivity index (χ0n) is 8.33. The first-order valence-corrected chi connectivity index (χ1v) is 4.72. The Labute approximate surface area is 80.8 Å². The Morgan fingerprint density at radius 1 is 1.31 bits per heavy atom. The van der Waals surface area contributed by atoms with Crippen LogP contribution in [0.25, 0.3) is 0 Å². The fraction of sp³-hybridized carbons (Fsp3) is 0.417. The summed E-state index contributed by atoms with van der Waals surface area (Å²) in [6.07, 6.45) is 13.0. The fourth-order valence-electron chi connectivity index (χ4n) is 0.951. The van der Waals surface area contributed by atoms with Crippen molar-refractivity contribution in [3.05, 3.63) is 37.0 Å². The maximum atomic E-state index is 11.0. The minimum atomic E-state index is 0.169. The Morgan fingerprint density at radius 3 is 2.69 bits per heavy atom. The van der Waals surface area contributed by atoms with E-state index < -0.39 is 0 Å². The third-order valence-corrected chi connectivity index (χ3v) is 1.62. The first kappa shape index (κ1) is 11.9. The lowest BCUT2D eigenvalue weighted by Gasteiger charge is -1.89. The van der Waals surface area contributed by atoms with E-state index in [9.17, 15) is 4.79 Å². The molecule has 0 aliphatic rings. The molecule has 0 saturated carbocycles. The zero-order chi connectivity index (χ0) is 9.94. The summed E-state index contributed by atoms with van der Waals surface area (Å²) in [5.41, 5.74) is 0. The molecular weight excluding hydrogens is 160 g/mol. The molecule has 0 heterocycles. The van der Waals surface area contributed by atoms with Crippen LogP contribution in [0.2, 0.25) is 0 Å². The van der Waals surface area contributed by atoms with Gasteiger partial charge in [0.2, 0.25) is 0 Å². The number of hydrogen-bond acceptors (Lipinski definition) is 1. The first-order chi connectivity index (χ1) is 6.31. The predicted molar refractivity (Wildman–Crippen MR) is 57.6 cm³/mol. The first-order valence-electron chi connectivity index (χ1n) is 4.72. The van der Waals surface area contributed by atoms with E-state index >= 15 is 0 Å². The van der Waals surface area contributed by atoms with E-state index in [1.54, 1.807) is 12.2 Å². The number of allylic oxidation sites excluding steroid dienone is 5. The normalized spacial score (nSPS) is 11.2. The van der Waals surface area contributed by atoms with E-state index in [0.717, 1.165) is 19.3 Å². The summed E-state index contributed by atoms with van der Waals surface area (Å²) in [4.78, 5) is 11.0. The number of carbonyl (C=O) groups excluding carboxylic acids is 1. The smallest absolute Gasteiger partial charge is 0.159 e. The van der Waals surface area contributed by atoms with Gasteiger partial charge in [0.1, 0.15) is 0 Å². The highest BCUT2D eigenvalue weighted by Crippen LogP contribution is 1.98. The summed E-state index contributed by atoms with van der Waals surface area (Å²) < 4.78 is 0. The van der Waals surface area contributed by atoms with Crippen molar-refractivity contribution in [1.82, 2.24) is 0 Å². The highest BCUT2D eigenvalue weighted by molar-refractivity contribution is 5.90. The number of hydrogen-bond donors (Lipinski definition) is 0. The summed E-state index contributed by atoms with van der Waals surface area (Å²) in [6.45, 7) is 5.50. The van der Waals surface area contributed by atoms with Gasteiger partial charge in [0, 0.05) is 6.42 Å². The van der Waals surface area contributed by atoms with Crippen molar-refractivity contribution in [2.75, 3.05) is 0 Å². The van der Waals surface area contributed by atoms with Gasteiger partial charge in [-0.15, -0.1) is 6.58 Å². The lowest BCUT2D eigenvalue weighted by atomic mass is 10.2. The predicted octanol–water partition coefficient (Wildman–Crippen LogP) is 3.43. The van der Waals surface area contributed by atoms with Crippen LogP contribution in [0.3, 0.4) is 0 Å². The molecule has 0 aromatic carbocycles. The lowest BCUT2D eigenvalue weighted by Crippen LogP contribution is -1.87. The molecule has 0 atom stereocenters. The minimum Gasteiger partial charge on any atom is -0.295 e. The molecule has 0 N–H and O–H groups in total. The molecule has 0 rings (SSSR count). The summed E-state index contributed by atoms with van der Waals surface area (Å²) in [5.74, 6) is 0.169. The molecule has 0 saturated heterocycles. The molecule has 72 valence electrons. The molecule has 0 unspecified atom stereocenters. The van der Waals surface area contributed by atoms with Crippen molar-refractivity contribution in [3.63, 3.8) is 0 Å². The van der Waals surface area contributed by atoms with E-state index in [4.69, 9.17) is 0 Å². The van der Waals surface area contributed by atoms with E-state index in [0.29, 0.717) is 6.42 Å². The molecule has 0 aromatic heterocycles. The molecule has 0 aliphatic carbocycles. The van der Waals surface area contributed by atoms with Gasteiger partial charge in [0.15, 0.2) is 5.78 Å². The van der Waals surface area contributed by atoms with Crippen LogP contribution in [0.5, 0.6) is 0 Å². The Balaban J connectivity index is 3.40. The Morgan fingerprint density at radius 2 is 2.08 bits per heavy atom. The average molecular weight is 178 g/mol. The third kappa shape index (κ3) is 8.80. The summed E-state index contributed by atoms with van der Waals surface area (Å²) >= 11 is 0. The summed E-state index contributed by atoms with van der Waals surface area (Å²) in [6, 6.07) is 0. The molecule has 1 heteroatoms. The largest absolute Gasteiger partial charge is 0.295 e. The number of ketones is 1. The van der Waals surface area contributed by atoms with Crippen LogP contribution < -0.4 is 0 Å². The van der Waals surface area contributed by atoms with Crippen molar-refractivity contribution in [3.8, 4) is 0 Å². The maximum Gasteiger partial charge on any atom is 0.159 e. The van der Waals surface area contributed by atoms with Crippen molar-refractivity contribution in [2.24, 2.45) is 0 Å². The van der Waals surface area contributed by atoms with Crippen LogP contribution in [0, 0.1) is 0 Å². The molecule has 0 bridgehead atoms. The fourth-order valence-corrected chi connectivity index (χ4v) is 0.951. The van der Waals surface area contributed by atoms with Crippen molar-refractivity contribution >= 4 is 5.78 Å². The monoisotopic (exact) mass is 178 g/mol. The number of rotatable bonds is 7. The van der Waals surface area contributed by atoms with Gasteiger partial charge in [0.25, 0.3) is 0 Å². The highest BCUT2D eigenvalue weighted by Gasteiger charge is 1.89. The van der Waals surface area contributed by atoms with E-state index in [1.807, 2.05) is 19.1 Å². The Kier molecular flexibility index (Phi) is 8.21. The van der Waals surface area contributed by atoms with Crippen LogP contribution >= 0.6 is 0 Å². The summed E-state index contributed by atoms with van der Waals surface area (Å²) in [5, 5.41) is 0. The van der Waals surface area contributed by atoms with E-state index in [2.05, 4.69) is 12.7 Å². The van der Waals surface area contributed by atoms with Gasteiger partial charge in [-0.2, -0.15) is 0 Å². The molecule has 0 amide bonds. The molecule has 0 spiro atoms. The molecule has 13 heavy (non-hydrogen) atoms. The molecule has 0 aromatic rings. The topological polar surface area (TPSA) is 17.1 Å². The van der Waals surface area contributed by atoms with E-state index in [-0.39, 0.29) is 5.78 Å². The Bertz CT molecular complexity index is 199. The molecule has 1 nitrogen and oxygen atoms in total. The van der Waals surface area contributed by atoms with Crippen LogP contribution in [0.1, 0.15) is 32.6 Å². The molecule has 0 radical (unpaired) electrons. The van der Waals surface area contributed by atoms with Crippen LogP contribution in [0.15, 0.2) is 37.0 Å². The highest BCUT2D eigenvalue weighted by atomic mass is 16.1. The zero-order valence-corrected chi connectivity index (χ0v) is 8.33. The maximum absolute atomic E-state index is 11.0. The Hall–Kier alpha value is -1.11. The second kappa shape index (κ2) is 8.98. The van der Waals surface area contributed by atoms with Gasteiger partial charge < -0.3 is 0 Å². The number of unbranched alkanes of at least 4 members (excludes halogenated alkanes) is 2.